The monoisotopic (exact) mass is 270 g/mol. The van der Waals surface area contributed by atoms with Crippen molar-refractivity contribution in [3.05, 3.63) is 0 Å². The van der Waals surface area contributed by atoms with E-state index in [0.717, 1.165) is 44.9 Å². The Morgan fingerprint density at radius 1 is 1.26 bits per heavy atom. The van der Waals surface area contributed by atoms with E-state index in [4.69, 9.17) is 10.9 Å². The third kappa shape index (κ3) is 4.99. The Labute approximate surface area is 117 Å². The number of amidine groups is 1. The van der Waals surface area contributed by atoms with Gasteiger partial charge in [0.2, 0.25) is 0 Å². The summed E-state index contributed by atoms with van der Waals surface area (Å²) in [7, 11) is 0. The first-order valence-electron chi connectivity index (χ1n) is 7.56. The van der Waals surface area contributed by atoms with Gasteiger partial charge in [-0.2, -0.15) is 0 Å². The van der Waals surface area contributed by atoms with E-state index in [1.165, 1.54) is 13.0 Å². The molecule has 5 heteroatoms. The molecule has 1 rings (SSSR count). The standard InChI is InChI=1S/C14H30N4O/c1-4-6-13(14(15)16-19)18-9-7-17(8-10-18)11-12(3)5-2/h12-13,19H,4-11H2,1-3H3,(H2,15,16). The van der Waals surface area contributed by atoms with Crippen molar-refractivity contribution in [3.8, 4) is 0 Å². The topological polar surface area (TPSA) is 65.1 Å². The minimum Gasteiger partial charge on any atom is -0.409 e. The minimum atomic E-state index is 0.0979. The van der Waals surface area contributed by atoms with Crippen LogP contribution in [0.4, 0.5) is 0 Å². The van der Waals surface area contributed by atoms with Gasteiger partial charge < -0.3 is 15.8 Å². The molecule has 2 atom stereocenters. The SMILES string of the molecule is CCCC(C(N)=NO)N1CCN(CC(C)CC)CC1. The molecule has 0 aliphatic carbocycles. The van der Waals surface area contributed by atoms with Crippen molar-refractivity contribution in [2.24, 2.45) is 16.8 Å². The van der Waals surface area contributed by atoms with Gasteiger partial charge in [0.25, 0.3) is 0 Å². The molecule has 0 amide bonds. The molecule has 1 saturated heterocycles. The first kappa shape index (κ1) is 16.2. The van der Waals surface area contributed by atoms with Crippen LogP contribution in [-0.4, -0.2) is 59.6 Å². The van der Waals surface area contributed by atoms with E-state index in [-0.39, 0.29) is 6.04 Å². The highest BCUT2D eigenvalue weighted by Crippen LogP contribution is 2.13. The van der Waals surface area contributed by atoms with Crippen molar-refractivity contribution in [3.63, 3.8) is 0 Å². The first-order valence-corrected chi connectivity index (χ1v) is 7.56. The Bertz CT molecular complexity index is 275. The smallest absolute Gasteiger partial charge is 0.156 e. The van der Waals surface area contributed by atoms with Crippen LogP contribution < -0.4 is 5.73 Å². The zero-order valence-corrected chi connectivity index (χ0v) is 12.7. The fourth-order valence-corrected chi connectivity index (χ4v) is 2.69. The lowest BCUT2D eigenvalue weighted by atomic mass is 10.1. The molecule has 1 aliphatic heterocycles. The molecule has 3 N–H and O–H groups in total. The van der Waals surface area contributed by atoms with Crippen molar-refractivity contribution >= 4 is 5.84 Å². The Balaban J connectivity index is 2.46. The molecular weight excluding hydrogens is 240 g/mol. The Morgan fingerprint density at radius 2 is 1.89 bits per heavy atom. The second-order valence-corrected chi connectivity index (χ2v) is 5.68. The Hall–Kier alpha value is -0.810. The van der Waals surface area contributed by atoms with E-state index < -0.39 is 0 Å². The van der Waals surface area contributed by atoms with Gasteiger partial charge in [0.05, 0.1) is 6.04 Å². The number of oxime groups is 1. The fourth-order valence-electron chi connectivity index (χ4n) is 2.69. The van der Waals surface area contributed by atoms with Crippen molar-refractivity contribution in [2.45, 2.75) is 46.1 Å². The zero-order valence-electron chi connectivity index (χ0n) is 12.7. The van der Waals surface area contributed by atoms with E-state index in [2.05, 4.69) is 35.7 Å². The number of rotatable bonds is 7. The molecule has 0 saturated carbocycles. The van der Waals surface area contributed by atoms with Crippen LogP contribution in [0.15, 0.2) is 5.16 Å². The molecule has 1 aliphatic rings. The molecule has 112 valence electrons. The third-order valence-electron chi connectivity index (χ3n) is 4.13. The molecule has 5 nitrogen and oxygen atoms in total. The van der Waals surface area contributed by atoms with E-state index >= 15 is 0 Å². The maximum Gasteiger partial charge on any atom is 0.156 e. The third-order valence-corrected chi connectivity index (χ3v) is 4.13. The summed E-state index contributed by atoms with van der Waals surface area (Å²) in [6, 6.07) is 0.0979. The zero-order chi connectivity index (χ0) is 14.3. The second kappa shape index (κ2) is 8.38. The summed E-state index contributed by atoms with van der Waals surface area (Å²) in [6.45, 7) is 12.1. The summed E-state index contributed by atoms with van der Waals surface area (Å²) in [5.74, 6) is 1.12. The van der Waals surface area contributed by atoms with Crippen molar-refractivity contribution < 1.29 is 5.21 Å². The predicted octanol–water partition coefficient (Wildman–Crippen LogP) is 1.57. The van der Waals surface area contributed by atoms with Gasteiger partial charge in [-0.25, -0.2) is 0 Å². The number of nitrogens with two attached hydrogens (primary N) is 1. The normalized spacial score (nSPS) is 22.4. The molecule has 0 aromatic rings. The van der Waals surface area contributed by atoms with Crippen LogP contribution in [0.25, 0.3) is 0 Å². The average Bonchev–Trinajstić information content (AvgIpc) is 2.45. The molecule has 1 heterocycles. The van der Waals surface area contributed by atoms with Crippen LogP contribution in [0.3, 0.4) is 0 Å². The number of hydrogen-bond acceptors (Lipinski definition) is 4. The van der Waals surface area contributed by atoms with Gasteiger partial charge in [-0.3, -0.25) is 4.90 Å². The highest BCUT2D eigenvalue weighted by molar-refractivity contribution is 5.85. The lowest BCUT2D eigenvalue weighted by Crippen LogP contribution is -2.54. The van der Waals surface area contributed by atoms with Gasteiger partial charge in [-0.1, -0.05) is 38.8 Å². The minimum absolute atomic E-state index is 0.0979. The molecule has 0 radical (unpaired) electrons. The molecule has 1 fully saturated rings. The average molecular weight is 270 g/mol. The lowest BCUT2D eigenvalue weighted by Gasteiger charge is -2.39. The molecule has 0 bridgehead atoms. The highest BCUT2D eigenvalue weighted by atomic mass is 16.4. The van der Waals surface area contributed by atoms with Gasteiger partial charge in [0.15, 0.2) is 5.84 Å². The summed E-state index contributed by atoms with van der Waals surface area (Å²) < 4.78 is 0. The lowest BCUT2D eigenvalue weighted by molar-refractivity contribution is 0.102. The number of piperazine rings is 1. The van der Waals surface area contributed by atoms with E-state index in [9.17, 15) is 0 Å². The van der Waals surface area contributed by atoms with Gasteiger partial charge in [-0.05, 0) is 12.3 Å². The Morgan fingerprint density at radius 3 is 2.37 bits per heavy atom. The quantitative estimate of drug-likeness (QED) is 0.319. The van der Waals surface area contributed by atoms with Crippen LogP contribution in [0.2, 0.25) is 0 Å². The first-order chi connectivity index (χ1) is 9.12. The van der Waals surface area contributed by atoms with Crippen LogP contribution in [0, 0.1) is 5.92 Å². The number of hydrogen-bond donors (Lipinski definition) is 2. The van der Waals surface area contributed by atoms with E-state index in [1.807, 2.05) is 0 Å². The van der Waals surface area contributed by atoms with Crippen LogP contribution in [0.1, 0.15) is 40.0 Å². The largest absolute Gasteiger partial charge is 0.409 e. The van der Waals surface area contributed by atoms with Crippen molar-refractivity contribution in [1.82, 2.24) is 9.80 Å². The molecule has 0 aromatic heterocycles. The van der Waals surface area contributed by atoms with Crippen LogP contribution >= 0.6 is 0 Å². The van der Waals surface area contributed by atoms with Crippen LogP contribution in [0.5, 0.6) is 0 Å². The highest BCUT2D eigenvalue weighted by Gasteiger charge is 2.26. The number of nitrogens with zero attached hydrogens (tertiary/aromatic N) is 3. The van der Waals surface area contributed by atoms with Gasteiger partial charge >= 0.3 is 0 Å². The van der Waals surface area contributed by atoms with Gasteiger partial charge in [-0.15, -0.1) is 0 Å². The summed E-state index contributed by atoms with van der Waals surface area (Å²) in [4.78, 5) is 4.88. The summed E-state index contributed by atoms with van der Waals surface area (Å²) in [5, 5.41) is 12.1. The summed E-state index contributed by atoms with van der Waals surface area (Å²) >= 11 is 0. The molecule has 0 aromatic carbocycles. The molecule has 19 heavy (non-hydrogen) atoms. The summed E-state index contributed by atoms with van der Waals surface area (Å²) in [5.41, 5.74) is 5.82. The van der Waals surface area contributed by atoms with Gasteiger partial charge in [0, 0.05) is 32.7 Å². The fraction of sp³-hybridized carbons (Fsp3) is 0.929. The molecule has 0 spiro atoms. The predicted molar refractivity (Wildman–Crippen MR) is 79.6 cm³/mol. The maximum atomic E-state index is 8.89. The molecular formula is C14H30N4O. The molecule has 2 unspecified atom stereocenters. The van der Waals surface area contributed by atoms with E-state index in [0.29, 0.717) is 5.84 Å². The van der Waals surface area contributed by atoms with Gasteiger partial charge in [0.1, 0.15) is 0 Å². The van der Waals surface area contributed by atoms with Crippen LogP contribution in [-0.2, 0) is 0 Å². The van der Waals surface area contributed by atoms with Crippen molar-refractivity contribution in [1.29, 1.82) is 0 Å². The second-order valence-electron chi connectivity index (χ2n) is 5.68. The van der Waals surface area contributed by atoms with Crippen molar-refractivity contribution in [2.75, 3.05) is 32.7 Å². The maximum absolute atomic E-state index is 8.89. The van der Waals surface area contributed by atoms with E-state index in [1.54, 1.807) is 0 Å². The summed E-state index contributed by atoms with van der Waals surface area (Å²) in [6.07, 6.45) is 3.25. The Kier molecular flexibility index (Phi) is 7.16.